The molecule has 1 aromatic carbocycles. The van der Waals surface area contributed by atoms with Crippen molar-refractivity contribution in [1.29, 1.82) is 0 Å². The Labute approximate surface area is 94.6 Å². The van der Waals surface area contributed by atoms with Crippen LogP contribution in [0, 0.1) is 0 Å². The van der Waals surface area contributed by atoms with Crippen LogP contribution >= 0.6 is 11.3 Å². The molecular weight excluding hydrogens is 235 g/mol. The largest absolute Gasteiger partial charge is 0.416 e. The topological polar surface area (TPSA) is 12.9 Å². The second-order valence-corrected chi connectivity index (χ2v) is 4.31. The van der Waals surface area contributed by atoms with Gasteiger partial charge in [-0.25, -0.2) is 0 Å². The summed E-state index contributed by atoms with van der Waals surface area (Å²) >= 11 is 1.49. The van der Waals surface area contributed by atoms with Crippen molar-refractivity contribution in [3.05, 3.63) is 52.0 Å². The summed E-state index contributed by atoms with van der Waals surface area (Å²) < 4.78 is 36.9. The van der Waals surface area contributed by atoms with E-state index in [1.807, 2.05) is 0 Å². The van der Waals surface area contributed by atoms with Crippen molar-refractivity contribution in [2.45, 2.75) is 12.6 Å². The Morgan fingerprint density at radius 1 is 1.12 bits per heavy atom. The molecule has 2 rings (SSSR count). The molecule has 16 heavy (non-hydrogen) atoms. The second kappa shape index (κ2) is 4.25. The Hall–Kier alpha value is -1.36. The summed E-state index contributed by atoms with van der Waals surface area (Å²) in [5.41, 5.74) is 1.96. The Morgan fingerprint density at radius 3 is 2.31 bits per heavy atom. The van der Waals surface area contributed by atoms with E-state index >= 15 is 0 Å². The molecule has 0 aliphatic rings. The van der Waals surface area contributed by atoms with Crippen molar-refractivity contribution in [3.63, 3.8) is 0 Å². The first-order valence-corrected chi connectivity index (χ1v) is 5.47. The van der Waals surface area contributed by atoms with Crippen molar-refractivity contribution in [3.8, 4) is 0 Å². The lowest BCUT2D eigenvalue weighted by Crippen LogP contribution is -2.04. The number of benzene rings is 1. The summed E-state index contributed by atoms with van der Waals surface area (Å²) in [6.07, 6.45) is -1.91. The van der Waals surface area contributed by atoms with Crippen LogP contribution in [0.15, 0.2) is 36.0 Å². The summed E-state index contributed by atoms with van der Waals surface area (Å²) in [4.78, 5) is 4.96. The van der Waals surface area contributed by atoms with Gasteiger partial charge in [0.25, 0.3) is 0 Å². The Kier molecular flexibility index (Phi) is 2.96. The maximum absolute atomic E-state index is 12.3. The predicted molar refractivity (Wildman–Crippen MR) is 56.4 cm³/mol. The van der Waals surface area contributed by atoms with Crippen LogP contribution in [0.4, 0.5) is 13.2 Å². The van der Waals surface area contributed by atoms with Gasteiger partial charge in [-0.05, 0) is 17.7 Å². The zero-order chi connectivity index (χ0) is 11.6. The molecule has 0 spiro atoms. The molecule has 0 atom stereocenters. The van der Waals surface area contributed by atoms with Crippen LogP contribution in [0.25, 0.3) is 0 Å². The van der Waals surface area contributed by atoms with Crippen LogP contribution in [0.3, 0.4) is 0 Å². The molecule has 0 saturated carbocycles. The van der Waals surface area contributed by atoms with Gasteiger partial charge in [0.1, 0.15) is 0 Å². The zero-order valence-electron chi connectivity index (χ0n) is 8.16. The van der Waals surface area contributed by atoms with Crippen molar-refractivity contribution in [1.82, 2.24) is 4.98 Å². The molecule has 5 heteroatoms. The van der Waals surface area contributed by atoms with E-state index in [1.165, 1.54) is 23.5 Å². The molecule has 1 nitrogen and oxygen atoms in total. The minimum absolute atomic E-state index is 0.611. The average molecular weight is 243 g/mol. The van der Waals surface area contributed by atoms with Gasteiger partial charge in [-0.2, -0.15) is 13.2 Å². The fraction of sp³-hybridized carbons (Fsp3) is 0.182. The van der Waals surface area contributed by atoms with E-state index in [2.05, 4.69) is 4.98 Å². The maximum atomic E-state index is 12.3. The fourth-order valence-electron chi connectivity index (χ4n) is 1.34. The molecule has 0 radical (unpaired) electrons. The Bertz CT molecular complexity index is 445. The molecule has 0 fully saturated rings. The highest BCUT2D eigenvalue weighted by molar-refractivity contribution is 7.09. The van der Waals surface area contributed by atoms with E-state index < -0.39 is 11.7 Å². The van der Waals surface area contributed by atoms with E-state index in [1.54, 1.807) is 11.7 Å². The molecule has 1 aromatic heterocycles. The van der Waals surface area contributed by atoms with E-state index in [9.17, 15) is 13.2 Å². The average Bonchev–Trinajstić information content (AvgIpc) is 2.70. The molecule has 0 aliphatic heterocycles. The Morgan fingerprint density at radius 2 is 1.81 bits per heavy atom. The second-order valence-electron chi connectivity index (χ2n) is 3.34. The molecule has 0 N–H and O–H groups in total. The van der Waals surface area contributed by atoms with Gasteiger partial charge < -0.3 is 0 Å². The summed E-state index contributed by atoms with van der Waals surface area (Å²) in [5.74, 6) is 0. The molecular formula is C11H8F3NS. The molecule has 0 saturated heterocycles. The monoisotopic (exact) mass is 243 g/mol. The minimum atomic E-state index is -4.26. The number of aromatic nitrogens is 1. The number of nitrogens with zero attached hydrogens (tertiary/aromatic N) is 1. The van der Waals surface area contributed by atoms with Crippen LogP contribution in [0.2, 0.25) is 0 Å². The van der Waals surface area contributed by atoms with Gasteiger partial charge in [0.05, 0.1) is 11.1 Å². The number of rotatable bonds is 2. The molecule has 0 bridgehead atoms. The van der Waals surface area contributed by atoms with Crippen LogP contribution in [-0.2, 0) is 12.6 Å². The standard InChI is InChI=1S/C11H8F3NS/c12-11(13,14)9-3-1-8(2-4-9)5-10-6-15-7-16-10/h1-4,6-7H,5H2. The predicted octanol–water partition coefficient (Wildman–Crippen LogP) is 3.75. The summed E-state index contributed by atoms with van der Waals surface area (Å²) in [7, 11) is 0. The lowest BCUT2D eigenvalue weighted by Gasteiger charge is -2.06. The van der Waals surface area contributed by atoms with E-state index in [0.717, 1.165) is 22.6 Å². The molecule has 0 unspecified atom stereocenters. The lowest BCUT2D eigenvalue weighted by molar-refractivity contribution is -0.137. The van der Waals surface area contributed by atoms with Crippen LogP contribution in [-0.4, -0.2) is 4.98 Å². The summed E-state index contributed by atoms with van der Waals surface area (Å²) in [6, 6.07) is 5.22. The SMILES string of the molecule is FC(F)(F)c1ccc(Cc2cncs2)cc1. The zero-order valence-corrected chi connectivity index (χ0v) is 8.98. The van der Waals surface area contributed by atoms with Gasteiger partial charge in [0.2, 0.25) is 0 Å². The van der Waals surface area contributed by atoms with Gasteiger partial charge in [-0.1, -0.05) is 12.1 Å². The first-order valence-electron chi connectivity index (χ1n) is 4.59. The van der Waals surface area contributed by atoms with Crippen molar-refractivity contribution in [2.24, 2.45) is 0 Å². The van der Waals surface area contributed by atoms with Gasteiger partial charge >= 0.3 is 6.18 Å². The summed E-state index contributed by atoms with van der Waals surface area (Å²) in [6.45, 7) is 0. The number of alkyl halides is 3. The van der Waals surface area contributed by atoms with E-state index in [0.29, 0.717) is 6.42 Å². The van der Waals surface area contributed by atoms with E-state index in [4.69, 9.17) is 0 Å². The third-order valence-corrected chi connectivity index (χ3v) is 2.92. The van der Waals surface area contributed by atoms with Gasteiger partial charge in [-0.15, -0.1) is 11.3 Å². The number of hydrogen-bond donors (Lipinski definition) is 0. The highest BCUT2D eigenvalue weighted by atomic mass is 32.1. The number of hydrogen-bond acceptors (Lipinski definition) is 2. The van der Waals surface area contributed by atoms with Crippen molar-refractivity contribution < 1.29 is 13.2 Å². The first-order chi connectivity index (χ1) is 7.55. The molecule has 2 aromatic rings. The molecule has 0 amide bonds. The molecule has 1 heterocycles. The minimum Gasteiger partial charge on any atom is -0.253 e. The van der Waals surface area contributed by atoms with Crippen molar-refractivity contribution in [2.75, 3.05) is 0 Å². The summed E-state index contributed by atoms with van der Waals surface area (Å²) in [5, 5.41) is 0. The maximum Gasteiger partial charge on any atom is 0.416 e. The van der Waals surface area contributed by atoms with Crippen LogP contribution in [0.5, 0.6) is 0 Å². The van der Waals surface area contributed by atoms with E-state index in [-0.39, 0.29) is 0 Å². The van der Waals surface area contributed by atoms with Crippen LogP contribution < -0.4 is 0 Å². The fourth-order valence-corrected chi connectivity index (χ4v) is 1.97. The third kappa shape index (κ3) is 2.61. The molecule has 84 valence electrons. The highest BCUT2D eigenvalue weighted by Crippen LogP contribution is 2.29. The lowest BCUT2D eigenvalue weighted by atomic mass is 10.1. The van der Waals surface area contributed by atoms with Crippen LogP contribution in [0.1, 0.15) is 16.0 Å². The first kappa shape index (κ1) is 11.1. The van der Waals surface area contributed by atoms with Gasteiger partial charge in [0, 0.05) is 17.5 Å². The quantitative estimate of drug-likeness (QED) is 0.782. The third-order valence-electron chi connectivity index (χ3n) is 2.14. The number of thiazole rings is 1. The smallest absolute Gasteiger partial charge is 0.253 e. The van der Waals surface area contributed by atoms with Gasteiger partial charge in [0.15, 0.2) is 0 Å². The highest BCUT2D eigenvalue weighted by Gasteiger charge is 2.29. The van der Waals surface area contributed by atoms with Gasteiger partial charge in [-0.3, -0.25) is 4.98 Å². The normalized spacial score (nSPS) is 11.7. The molecule has 0 aliphatic carbocycles. The van der Waals surface area contributed by atoms with Crippen molar-refractivity contribution >= 4 is 11.3 Å². The Balaban J connectivity index is 2.14. The number of halogens is 3.